The van der Waals surface area contributed by atoms with Crippen molar-refractivity contribution in [1.29, 1.82) is 0 Å². The first-order valence-corrected chi connectivity index (χ1v) is 5.71. The zero-order chi connectivity index (χ0) is 14.9. The zero-order valence-electron chi connectivity index (χ0n) is 10.5. The molecule has 0 fully saturated rings. The van der Waals surface area contributed by atoms with Gasteiger partial charge in [-0.15, -0.1) is 0 Å². The van der Waals surface area contributed by atoms with Gasteiger partial charge in [-0.2, -0.15) is 13.2 Å². The first-order valence-electron chi connectivity index (χ1n) is 5.71. The van der Waals surface area contributed by atoms with Crippen LogP contribution >= 0.6 is 0 Å². The van der Waals surface area contributed by atoms with Gasteiger partial charge in [0.15, 0.2) is 5.84 Å². The third kappa shape index (κ3) is 9.11. The van der Waals surface area contributed by atoms with Crippen molar-refractivity contribution >= 4 is 11.7 Å². The molecule has 0 bridgehead atoms. The lowest BCUT2D eigenvalue weighted by Crippen LogP contribution is -2.44. The Morgan fingerprint density at radius 1 is 1.53 bits per heavy atom. The van der Waals surface area contributed by atoms with Crippen molar-refractivity contribution in [2.75, 3.05) is 13.2 Å². The van der Waals surface area contributed by atoms with Crippen molar-refractivity contribution < 1.29 is 27.9 Å². The van der Waals surface area contributed by atoms with E-state index in [1.807, 2.05) is 6.92 Å². The molecule has 0 radical (unpaired) electrons. The van der Waals surface area contributed by atoms with Crippen LogP contribution in [0.4, 0.5) is 13.2 Å². The molecular formula is C10H18F3N3O3. The summed E-state index contributed by atoms with van der Waals surface area (Å²) in [6.45, 7) is 0.107. The van der Waals surface area contributed by atoms with Crippen molar-refractivity contribution in [2.24, 2.45) is 10.9 Å². The number of nitrogens with zero attached hydrogens (tertiary/aromatic N) is 1. The van der Waals surface area contributed by atoms with Crippen LogP contribution in [0.5, 0.6) is 0 Å². The Morgan fingerprint density at radius 2 is 2.16 bits per heavy atom. The Labute approximate surface area is 108 Å². The molecule has 0 saturated carbocycles. The van der Waals surface area contributed by atoms with Gasteiger partial charge in [0.2, 0.25) is 5.91 Å². The average Bonchev–Trinajstić information content (AvgIpc) is 2.32. The molecule has 0 aromatic heterocycles. The van der Waals surface area contributed by atoms with E-state index >= 15 is 0 Å². The highest BCUT2D eigenvalue weighted by Gasteiger charge is 2.27. The topological polar surface area (TPSA) is 96.9 Å². The molecule has 0 aliphatic carbocycles. The quantitative estimate of drug-likeness (QED) is 0.204. The van der Waals surface area contributed by atoms with Gasteiger partial charge in [0.25, 0.3) is 0 Å². The van der Waals surface area contributed by atoms with Crippen molar-refractivity contribution in [2.45, 2.75) is 38.4 Å². The first-order chi connectivity index (χ1) is 8.80. The zero-order valence-corrected chi connectivity index (χ0v) is 10.5. The monoisotopic (exact) mass is 285 g/mol. The number of alkyl halides is 3. The third-order valence-electron chi connectivity index (χ3n) is 2.12. The summed E-state index contributed by atoms with van der Waals surface area (Å²) in [6, 6.07) is -0.634. The minimum absolute atomic E-state index is 0.147. The molecule has 4 N–H and O–H groups in total. The SMILES string of the molecule is CCCC(NC(=O)CCOCC(F)(F)F)C(N)=NO. The van der Waals surface area contributed by atoms with E-state index < -0.39 is 24.7 Å². The predicted molar refractivity (Wildman–Crippen MR) is 61.7 cm³/mol. The molecule has 0 aromatic carbocycles. The highest BCUT2D eigenvalue weighted by Crippen LogP contribution is 2.14. The molecule has 0 saturated heterocycles. The maximum atomic E-state index is 11.8. The molecular weight excluding hydrogens is 267 g/mol. The number of hydrogen-bond acceptors (Lipinski definition) is 4. The summed E-state index contributed by atoms with van der Waals surface area (Å²) in [6.07, 6.45) is -3.49. The standard InChI is InChI=1S/C10H18F3N3O3/c1-2-3-7(9(14)16-18)15-8(17)4-5-19-6-10(11,12)13/h7,18H,2-6H2,1H3,(H2,14,16)(H,15,17). The van der Waals surface area contributed by atoms with Gasteiger partial charge in [0.1, 0.15) is 6.61 Å². The van der Waals surface area contributed by atoms with Crippen LogP contribution in [0.25, 0.3) is 0 Å². The first kappa shape index (κ1) is 17.5. The van der Waals surface area contributed by atoms with Gasteiger partial charge in [0, 0.05) is 6.42 Å². The highest BCUT2D eigenvalue weighted by atomic mass is 19.4. The summed E-state index contributed by atoms with van der Waals surface area (Å²) in [7, 11) is 0. The molecule has 0 spiro atoms. The molecule has 1 atom stereocenters. The molecule has 0 aliphatic rings. The predicted octanol–water partition coefficient (Wildman–Crippen LogP) is 0.987. The van der Waals surface area contributed by atoms with Crippen LogP contribution in [-0.2, 0) is 9.53 Å². The summed E-state index contributed by atoms with van der Waals surface area (Å²) in [5, 5.41) is 13.7. The van der Waals surface area contributed by atoms with E-state index in [1.165, 1.54) is 0 Å². The molecule has 0 aliphatic heterocycles. The van der Waals surface area contributed by atoms with E-state index in [0.717, 1.165) is 0 Å². The number of carbonyl (C=O) groups is 1. The summed E-state index contributed by atoms with van der Waals surface area (Å²) in [4.78, 5) is 11.4. The van der Waals surface area contributed by atoms with Crippen molar-refractivity contribution in [1.82, 2.24) is 5.32 Å². The number of ether oxygens (including phenoxy) is 1. The van der Waals surface area contributed by atoms with Gasteiger partial charge in [-0.05, 0) is 6.42 Å². The van der Waals surface area contributed by atoms with Crippen LogP contribution in [0.3, 0.4) is 0 Å². The second-order valence-electron chi connectivity index (χ2n) is 3.85. The lowest BCUT2D eigenvalue weighted by molar-refractivity contribution is -0.174. The number of oxime groups is 1. The lowest BCUT2D eigenvalue weighted by Gasteiger charge is -2.16. The molecule has 0 heterocycles. The maximum Gasteiger partial charge on any atom is 0.411 e. The third-order valence-corrected chi connectivity index (χ3v) is 2.12. The van der Waals surface area contributed by atoms with E-state index in [9.17, 15) is 18.0 Å². The molecule has 0 aromatic rings. The van der Waals surface area contributed by atoms with Gasteiger partial charge < -0.3 is 21.0 Å². The van der Waals surface area contributed by atoms with Crippen molar-refractivity contribution in [3.63, 3.8) is 0 Å². The van der Waals surface area contributed by atoms with Crippen LogP contribution in [0, 0.1) is 0 Å². The van der Waals surface area contributed by atoms with Gasteiger partial charge in [-0.1, -0.05) is 18.5 Å². The summed E-state index contributed by atoms with van der Waals surface area (Å²) >= 11 is 0. The number of hydrogen-bond donors (Lipinski definition) is 3. The summed E-state index contributed by atoms with van der Waals surface area (Å²) in [5.41, 5.74) is 5.37. The molecule has 112 valence electrons. The molecule has 6 nitrogen and oxygen atoms in total. The normalized spacial score (nSPS) is 14.2. The molecule has 0 rings (SSSR count). The Balaban J connectivity index is 4.00. The molecule has 19 heavy (non-hydrogen) atoms. The minimum atomic E-state index is -4.41. The Morgan fingerprint density at radius 3 is 2.63 bits per heavy atom. The summed E-state index contributed by atoms with van der Waals surface area (Å²) < 4.78 is 39.6. The fraction of sp³-hybridized carbons (Fsp3) is 0.800. The Hall–Kier alpha value is -1.51. The number of amides is 1. The smallest absolute Gasteiger partial charge is 0.409 e. The van der Waals surface area contributed by atoms with E-state index in [0.29, 0.717) is 12.8 Å². The fourth-order valence-electron chi connectivity index (χ4n) is 1.27. The molecule has 1 unspecified atom stereocenters. The number of nitrogens with one attached hydrogen (secondary N) is 1. The van der Waals surface area contributed by atoms with E-state index in [1.54, 1.807) is 0 Å². The molecule has 1 amide bonds. The fourth-order valence-corrected chi connectivity index (χ4v) is 1.27. The maximum absolute atomic E-state index is 11.8. The van der Waals surface area contributed by atoms with Crippen molar-refractivity contribution in [3.05, 3.63) is 0 Å². The van der Waals surface area contributed by atoms with Crippen LogP contribution < -0.4 is 11.1 Å². The van der Waals surface area contributed by atoms with Gasteiger partial charge in [-0.25, -0.2) is 0 Å². The second kappa shape index (κ2) is 8.57. The molecule has 9 heteroatoms. The van der Waals surface area contributed by atoms with Gasteiger partial charge in [0.05, 0.1) is 12.6 Å². The van der Waals surface area contributed by atoms with Crippen molar-refractivity contribution in [3.8, 4) is 0 Å². The number of nitrogens with two attached hydrogens (primary N) is 1. The van der Waals surface area contributed by atoms with Crippen LogP contribution in [-0.4, -0.2) is 42.4 Å². The van der Waals surface area contributed by atoms with Crippen LogP contribution in [0.15, 0.2) is 5.16 Å². The van der Waals surface area contributed by atoms with Crippen LogP contribution in [0.2, 0.25) is 0 Å². The number of halogens is 3. The number of carbonyl (C=O) groups excluding carboxylic acids is 1. The minimum Gasteiger partial charge on any atom is -0.409 e. The lowest BCUT2D eigenvalue weighted by atomic mass is 10.1. The van der Waals surface area contributed by atoms with Gasteiger partial charge >= 0.3 is 6.18 Å². The average molecular weight is 285 g/mol. The number of rotatable bonds is 8. The largest absolute Gasteiger partial charge is 0.411 e. The summed E-state index contributed by atoms with van der Waals surface area (Å²) in [5.74, 6) is -0.668. The van der Waals surface area contributed by atoms with Crippen LogP contribution in [0.1, 0.15) is 26.2 Å². The highest BCUT2D eigenvalue weighted by molar-refractivity contribution is 5.89. The Kier molecular flexibility index (Phi) is 7.89. The number of amidine groups is 1. The van der Waals surface area contributed by atoms with E-state index in [2.05, 4.69) is 15.2 Å². The second-order valence-corrected chi connectivity index (χ2v) is 3.85. The Bertz CT molecular complexity index is 308. The van der Waals surface area contributed by atoms with Gasteiger partial charge in [-0.3, -0.25) is 4.79 Å². The van der Waals surface area contributed by atoms with E-state index in [4.69, 9.17) is 10.9 Å². The van der Waals surface area contributed by atoms with E-state index in [-0.39, 0.29) is 18.9 Å².